The number of amides is 1. The minimum atomic E-state index is -0.630. The lowest BCUT2D eigenvalue weighted by atomic mass is 10.2. The number of aromatic amines is 2. The second kappa shape index (κ2) is 4.31. The maximum atomic E-state index is 11.6. The largest absolute Gasteiger partial charge is 0.368 e. The highest BCUT2D eigenvalue weighted by atomic mass is 16.5. The molecule has 0 unspecified atom stereocenters. The molecular weight excluding hydrogens is 214 g/mol. The number of rotatable bonds is 2. The van der Waals surface area contributed by atoms with Crippen molar-refractivity contribution in [2.45, 2.75) is 18.9 Å². The fourth-order valence-electron chi connectivity index (χ4n) is 1.50. The van der Waals surface area contributed by atoms with Gasteiger partial charge >= 0.3 is 5.69 Å². The summed E-state index contributed by atoms with van der Waals surface area (Å²) in [4.78, 5) is 37.8. The summed E-state index contributed by atoms with van der Waals surface area (Å²) in [5.41, 5.74) is -1.23. The van der Waals surface area contributed by atoms with Gasteiger partial charge in [-0.05, 0) is 12.8 Å². The van der Waals surface area contributed by atoms with E-state index in [0.717, 1.165) is 12.6 Å². The highest BCUT2D eigenvalue weighted by molar-refractivity contribution is 5.93. The molecule has 1 saturated heterocycles. The molecule has 0 aliphatic carbocycles. The van der Waals surface area contributed by atoms with Crippen LogP contribution in [0, 0.1) is 0 Å². The number of carbonyl (C=O) groups excluding carboxylic acids is 1. The Morgan fingerprint density at radius 1 is 1.50 bits per heavy atom. The van der Waals surface area contributed by atoms with E-state index in [9.17, 15) is 14.4 Å². The maximum Gasteiger partial charge on any atom is 0.325 e. The molecule has 1 atom stereocenters. The van der Waals surface area contributed by atoms with Crippen LogP contribution in [0.4, 0.5) is 5.69 Å². The fourth-order valence-corrected chi connectivity index (χ4v) is 1.50. The van der Waals surface area contributed by atoms with E-state index in [4.69, 9.17) is 4.74 Å². The third-order valence-corrected chi connectivity index (χ3v) is 2.30. The molecular formula is C9H11N3O4. The Labute approximate surface area is 89.8 Å². The summed E-state index contributed by atoms with van der Waals surface area (Å²) in [6.07, 6.45) is 2.13. The van der Waals surface area contributed by atoms with Gasteiger partial charge in [-0.2, -0.15) is 0 Å². The van der Waals surface area contributed by atoms with Crippen LogP contribution in [0.15, 0.2) is 15.8 Å². The van der Waals surface area contributed by atoms with E-state index in [-0.39, 0.29) is 11.6 Å². The van der Waals surface area contributed by atoms with E-state index in [0.29, 0.717) is 13.0 Å². The Morgan fingerprint density at radius 3 is 2.94 bits per heavy atom. The molecule has 1 aliphatic rings. The zero-order valence-electron chi connectivity index (χ0n) is 8.41. The monoisotopic (exact) mass is 225 g/mol. The van der Waals surface area contributed by atoms with Crippen LogP contribution >= 0.6 is 0 Å². The summed E-state index contributed by atoms with van der Waals surface area (Å²) in [7, 11) is 0. The van der Waals surface area contributed by atoms with Gasteiger partial charge in [-0.3, -0.25) is 14.6 Å². The SMILES string of the molecule is O=C(Nc1c[nH]c(=O)[nH]c1=O)[C@@H]1CCCO1. The number of ether oxygens (including phenoxy) is 1. The fraction of sp³-hybridized carbons (Fsp3) is 0.444. The Hall–Kier alpha value is -1.89. The van der Waals surface area contributed by atoms with Crippen molar-refractivity contribution in [3.05, 3.63) is 27.0 Å². The van der Waals surface area contributed by atoms with Gasteiger partial charge in [0.25, 0.3) is 11.5 Å². The number of hydrogen-bond acceptors (Lipinski definition) is 4. The third-order valence-electron chi connectivity index (χ3n) is 2.30. The Bertz CT molecular complexity index is 498. The minimum absolute atomic E-state index is 0.0140. The first-order valence-electron chi connectivity index (χ1n) is 4.91. The second-order valence-electron chi connectivity index (χ2n) is 3.48. The molecule has 1 aliphatic heterocycles. The highest BCUT2D eigenvalue weighted by Crippen LogP contribution is 2.13. The van der Waals surface area contributed by atoms with E-state index in [1.807, 2.05) is 4.98 Å². The van der Waals surface area contributed by atoms with Crippen molar-refractivity contribution >= 4 is 11.6 Å². The van der Waals surface area contributed by atoms with E-state index in [1.54, 1.807) is 0 Å². The van der Waals surface area contributed by atoms with E-state index in [2.05, 4.69) is 10.3 Å². The van der Waals surface area contributed by atoms with Crippen LogP contribution in [-0.4, -0.2) is 28.6 Å². The van der Waals surface area contributed by atoms with Crippen molar-refractivity contribution in [3.8, 4) is 0 Å². The molecule has 0 bridgehead atoms. The highest BCUT2D eigenvalue weighted by Gasteiger charge is 2.24. The summed E-state index contributed by atoms with van der Waals surface area (Å²) < 4.78 is 5.15. The first kappa shape index (κ1) is 10.6. The average molecular weight is 225 g/mol. The zero-order valence-corrected chi connectivity index (χ0v) is 8.41. The first-order chi connectivity index (χ1) is 7.66. The molecule has 7 nitrogen and oxygen atoms in total. The van der Waals surface area contributed by atoms with Crippen LogP contribution in [0.25, 0.3) is 0 Å². The van der Waals surface area contributed by atoms with Crippen molar-refractivity contribution in [1.82, 2.24) is 9.97 Å². The molecule has 0 spiro atoms. The van der Waals surface area contributed by atoms with Crippen LogP contribution in [0.3, 0.4) is 0 Å². The zero-order chi connectivity index (χ0) is 11.5. The van der Waals surface area contributed by atoms with Gasteiger partial charge in [-0.15, -0.1) is 0 Å². The summed E-state index contributed by atoms with van der Waals surface area (Å²) in [6, 6.07) is 0. The summed E-state index contributed by atoms with van der Waals surface area (Å²) in [6.45, 7) is 0.556. The van der Waals surface area contributed by atoms with Gasteiger partial charge in [-0.25, -0.2) is 4.79 Å². The first-order valence-corrected chi connectivity index (χ1v) is 4.91. The third kappa shape index (κ3) is 2.19. The minimum Gasteiger partial charge on any atom is -0.368 e. The number of carbonyl (C=O) groups is 1. The normalized spacial score (nSPS) is 19.6. The number of hydrogen-bond donors (Lipinski definition) is 3. The van der Waals surface area contributed by atoms with Crippen molar-refractivity contribution in [2.24, 2.45) is 0 Å². The molecule has 1 fully saturated rings. The maximum absolute atomic E-state index is 11.6. The van der Waals surface area contributed by atoms with Gasteiger partial charge in [0.1, 0.15) is 11.8 Å². The molecule has 86 valence electrons. The van der Waals surface area contributed by atoms with Crippen molar-refractivity contribution in [2.75, 3.05) is 11.9 Å². The number of H-pyrrole nitrogens is 2. The van der Waals surface area contributed by atoms with Gasteiger partial charge in [-0.1, -0.05) is 0 Å². The predicted molar refractivity (Wildman–Crippen MR) is 55.3 cm³/mol. The van der Waals surface area contributed by atoms with Crippen molar-refractivity contribution < 1.29 is 9.53 Å². The summed E-state index contributed by atoms with van der Waals surface area (Å²) in [5, 5.41) is 2.40. The van der Waals surface area contributed by atoms with Crippen LogP contribution in [-0.2, 0) is 9.53 Å². The second-order valence-corrected chi connectivity index (χ2v) is 3.48. The molecule has 2 heterocycles. The van der Waals surface area contributed by atoms with Crippen LogP contribution in [0.5, 0.6) is 0 Å². The number of anilines is 1. The molecule has 0 saturated carbocycles. The lowest BCUT2D eigenvalue weighted by molar-refractivity contribution is -0.124. The number of aromatic nitrogens is 2. The molecule has 1 amide bonds. The molecule has 2 rings (SSSR count). The lowest BCUT2D eigenvalue weighted by Gasteiger charge is -2.08. The van der Waals surface area contributed by atoms with E-state index >= 15 is 0 Å². The molecule has 1 aromatic rings. The standard InChI is InChI=1S/C9H11N3O4/c13-7-5(4-10-9(15)12-7)11-8(14)6-2-1-3-16-6/h4,6H,1-3H2,(H,11,14)(H2,10,12,13,15)/t6-/m0/s1. The molecule has 0 aromatic carbocycles. The molecule has 16 heavy (non-hydrogen) atoms. The van der Waals surface area contributed by atoms with E-state index < -0.39 is 17.4 Å². The number of nitrogens with one attached hydrogen (secondary N) is 3. The molecule has 7 heteroatoms. The quantitative estimate of drug-likeness (QED) is 0.611. The van der Waals surface area contributed by atoms with Gasteiger partial charge in [0.05, 0.1) is 0 Å². The smallest absolute Gasteiger partial charge is 0.325 e. The van der Waals surface area contributed by atoms with E-state index in [1.165, 1.54) is 0 Å². The summed E-state index contributed by atoms with van der Waals surface area (Å²) >= 11 is 0. The van der Waals surface area contributed by atoms with Gasteiger partial charge in [0, 0.05) is 12.8 Å². The van der Waals surface area contributed by atoms with Crippen molar-refractivity contribution in [1.29, 1.82) is 0 Å². The lowest BCUT2D eigenvalue weighted by Crippen LogP contribution is -2.32. The van der Waals surface area contributed by atoms with Crippen LogP contribution in [0.2, 0.25) is 0 Å². The van der Waals surface area contributed by atoms with Crippen LogP contribution < -0.4 is 16.6 Å². The van der Waals surface area contributed by atoms with Crippen LogP contribution in [0.1, 0.15) is 12.8 Å². The summed E-state index contributed by atoms with van der Waals surface area (Å²) in [5.74, 6) is -0.366. The Kier molecular flexibility index (Phi) is 2.86. The average Bonchev–Trinajstić information content (AvgIpc) is 2.75. The van der Waals surface area contributed by atoms with Gasteiger partial charge < -0.3 is 15.0 Å². The Morgan fingerprint density at radius 2 is 2.31 bits per heavy atom. The molecule has 0 radical (unpaired) electrons. The van der Waals surface area contributed by atoms with Gasteiger partial charge in [0.15, 0.2) is 0 Å². The van der Waals surface area contributed by atoms with Gasteiger partial charge in [0.2, 0.25) is 0 Å². The topological polar surface area (TPSA) is 104 Å². The Balaban J connectivity index is 2.11. The predicted octanol–water partition coefficient (Wildman–Crippen LogP) is -0.819. The molecule has 3 N–H and O–H groups in total. The molecule has 1 aromatic heterocycles. The van der Waals surface area contributed by atoms with Crippen molar-refractivity contribution in [3.63, 3.8) is 0 Å².